The molecule has 1 aromatic carbocycles. The molecule has 0 bridgehead atoms. The molecule has 8 nitrogen and oxygen atoms in total. The third-order valence-corrected chi connectivity index (χ3v) is 3.68. The van der Waals surface area contributed by atoms with Gasteiger partial charge in [-0.15, -0.1) is 5.10 Å². The number of hydrogen-bond donors (Lipinski definition) is 2. The maximum absolute atomic E-state index is 13.0. The van der Waals surface area contributed by atoms with Gasteiger partial charge in [-0.05, 0) is 24.1 Å². The number of aromatic amines is 1. The molecule has 2 N–H and O–H groups in total. The average Bonchev–Trinajstić information content (AvgIpc) is 2.91. The first-order valence-corrected chi connectivity index (χ1v) is 7.65. The van der Waals surface area contributed by atoms with Crippen molar-refractivity contribution in [3.8, 4) is 0 Å². The maximum atomic E-state index is 13.0. The van der Waals surface area contributed by atoms with Gasteiger partial charge in [0.1, 0.15) is 5.82 Å². The van der Waals surface area contributed by atoms with Crippen molar-refractivity contribution in [2.75, 3.05) is 20.6 Å². The maximum Gasteiger partial charge on any atom is 0.343 e. The van der Waals surface area contributed by atoms with E-state index >= 15 is 0 Å². The lowest BCUT2D eigenvalue weighted by Crippen LogP contribution is -2.39. The number of carbonyl (C=O) groups excluding carboxylic acids is 2. The summed E-state index contributed by atoms with van der Waals surface area (Å²) in [5, 5.41) is 6.36. The minimum atomic E-state index is -0.576. The van der Waals surface area contributed by atoms with Gasteiger partial charge in [0.05, 0.1) is 5.92 Å². The topological polar surface area (TPSA) is 100 Å². The summed E-state index contributed by atoms with van der Waals surface area (Å²) in [6.45, 7) is 0.0613. The highest BCUT2D eigenvalue weighted by Gasteiger charge is 2.22. The number of aryl methyl sites for hydroxylation is 1. The van der Waals surface area contributed by atoms with Crippen LogP contribution in [-0.2, 0) is 18.3 Å². The summed E-state index contributed by atoms with van der Waals surface area (Å²) in [6, 6.07) is 5.85. The molecule has 134 valence electrons. The number of benzene rings is 1. The summed E-state index contributed by atoms with van der Waals surface area (Å²) >= 11 is 0. The molecule has 0 spiro atoms. The molecule has 9 heteroatoms. The van der Waals surface area contributed by atoms with E-state index in [0.29, 0.717) is 6.42 Å². The smallest absolute Gasteiger partial charge is 0.343 e. The van der Waals surface area contributed by atoms with Crippen molar-refractivity contribution in [3.05, 3.63) is 52.0 Å². The number of amides is 2. The number of hydrogen-bond acceptors (Lipinski definition) is 4. The van der Waals surface area contributed by atoms with Crippen LogP contribution in [0.1, 0.15) is 16.2 Å². The van der Waals surface area contributed by atoms with Crippen LogP contribution in [0.5, 0.6) is 0 Å². The van der Waals surface area contributed by atoms with E-state index in [1.807, 2.05) is 0 Å². The molecule has 2 amide bonds. The standard InChI is InChI=1S/C16H20FN5O3/c1-21(2)15(24)11(8-10-4-6-12(17)7-5-10)9-18-14(23)13-19-16(25)22(3)20-13/h4-7,11H,8-9H2,1-3H3,(H,18,23)(H,19,20,25). The molecule has 2 aromatic rings. The Morgan fingerprint density at radius 2 is 1.96 bits per heavy atom. The van der Waals surface area contributed by atoms with Crippen molar-refractivity contribution in [1.82, 2.24) is 25.0 Å². The fourth-order valence-corrected chi connectivity index (χ4v) is 2.32. The molecule has 0 aliphatic carbocycles. The summed E-state index contributed by atoms with van der Waals surface area (Å²) in [7, 11) is 4.67. The Bertz CT molecular complexity index is 810. The number of H-pyrrole nitrogens is 1. The summed E-state index contributed by atoms with van der Waals surface area (Å²) in [5.41, 5.74) is 0.277. The van der Waals surface area contributed by atoms with Crippen LogP contribution in [0, 0.1) is 11.7 Å². The molecule has 1 aromatic heterocycles. The zero-order chi connectivity index (χ0) is 18.6. The highest BCUT2D eigenvalue weighted by atomic mass is 19.1. The first-order chi connectivity index (χ1) is 11.8. The van der Waals surface area contributed by atoms with Gasteiger partial charge in [0.25, 0.3) is 5.91 Å². The van der Waals surface area contributed by atoms with Crippen molar-refractivity contribution in [2.45, 2.75) is 6.42 Å². The van der Waals surface area contributed by atoms with E-state index in [0.717, 1.165) is 10.2 Å². The number of aromatic nitrogens is 3. The van der Waals surface area contributed by atoms with E-state index in [-0.39, 0.29) is 24.1 Å². The van der Waals surface area contributed by atoms with Crippen molar-refractivity contribution in [2.24, 2.45) is 13.0 Å². The molecule has 0 radical (unpaired) electrons. The van der Waals surface area contributed by atoms with Crippen LogP contribution < -0.4 is 11.0 Å². The van der Waals surface area contributed by atoms with Crippen LogP contribution in [0.4, 0.5) is 4.39 Å². The van der Waals surface area contributed by atoms with Gasteiger partial charge in [-0.2, -0.15) is 0 Å². The highest BCUT2D eigenvalue weighted by molar-refractivity contribution is 5.90. The number of nitrogens with one attached hydrogen (secondary N) is 2. The molecule has 0 aliphatic heterocycles. The summed E-state index contributed by atoms with van der Waals surface area (Å²) in [5.74, 6) is -1.75. The molecular formula is C16H20FN5O3. The average molecular weight is 349 g/mol. The Balaban J connectivity index is 2.07. The van der Waals surface area contributed by atoms with Gasteiger partial charge in [0.2, 0.25) is 11.7 Å². The van der Waals surface area contributed by atoms with Crippen molar-refractivity contribution < 1.29 is 14.0 Å². The molecule has 1 unspecified atom stereocenters. The summed E-state index contributed by atoms with van der Waals surface area (Å²) in [4.78, 5) is 39.5. The Labute approximate surface area is 143 Å². The number of nitrogens with zero attached hydrogens (tertiary/aromatic N) is 3. The van der Waals surface area contributed by atoms with Gasteiger partial charge in [-0.1, -0.05) is 12.1 Å². The van der Waals surface area contributed by atoms with Gasteiger partial charge in [-0.3, -0.25) is 14.6 Å². The van der Waals surface area contributed by atoms with Crippen LogP contribution in [0.3, 0.4) is 0 Å². The lowest BCUT2D eigenvalue weighted by atomic mass is 9.98. The summed E-state index contributed by atoms with van der Waals surface area (Å²) in [6.07, 6.45) is 0.344. The van der Waals surface area contributed by atoms with Gasteiger partial charge in [0, 0.05) is 27.7 Å². The van der Waals surface area contributed by atoms with Crippen molar-refractivity contribution in [3.63, 3.8) is 0 Å². The molecule has 1 atom stereocenters. The predicted octanol–water partition coefficient (Wildman–Crippen LogP) is -0.0756. The molecule has 0 fully saturated rings. The van der Waals surface area contributed by atoms with E-state index in [1.54, 1.807) is 26.2 Å². The normalized spacial score (nSPS) is 11.8. The minimum absolute atomic E-state index is 0.0613. The predicted molar refractivity (Wildman–Crippen MR) is 88.4 cm³/mol. The quantitative estimate of drug-likeness (QED) is 0.762. The number of carbonyl (C=O) groups is 2. The lowest BCUT2D eigenvalue weighted by Gasteiger charge is -2.21. The van der Waals surface area contributed by atoms with E-state index in [9.17, 15) is 18.8 Å². The Hall–Kier alpha value is -2.97. The lowest BCUT2D eigenvalue weighted by molar-refractivity contribution is -0.132. The first-order valence-electron chi connectivity index (χ1n) is 7.65. The van der Waals surface area contributed by atoms with Crippen LogP contribution in [-0.4, -0.2) is 52.1 Å². The second-order valence-corrected chi connectivity index (χ2v) is 5.87. The van der Waals surface area contributed by atoms with E-state index in [4.69, 9.17) is 0 Å². The van der Waals surface area contributed by atoms with Gasteiger partial charge < -0.3 is 10.2 Å². The fourth-order valence-electron chi connectivity index (χ4n) is 2.32. The van der Waals surface area contributed by atoms with E-state index in [2.05, 4.69) is 15.4 Å². The SMILES string of the molecule is CN(C)C(=O)C(CNC(=O)c1nn(C)c(=O)[nH]1)Cc1ccc(F)cc1. The zero-order valence-corrected chi connectivity index (χ0v) is 14.2. The third kappa shape index (κ3) is 4.75. The van der Waals surface area contributed by atoms with E-state index < -0.39 is 17.5 Å². The Morgan fingerprint density at radius 1 is 1.32 bits per heavy atom. The number of rotatable bonds is 6. The second kappa shape index (κ2) is 7.73. The number of halogens is 1. The van der Waals surface area contributed by atoms with Crippen LogP contribution in [0.15, 0.2) is 29.1 Å². The van der Waals surface area contributed by atoms with E-state index in [1.165, 1.54) is 24.1 Å². The van der Waals surface area contributed by atoms with Crippen LogP contribution in [0.2, 0.25) is 0 Å². The monoisotopic (exact) mass is 349 g/mol. The van der Waals surface area contributed by atoms with Gasteiger partial charge in [-0.25, -0.2) is 13.9 Å². The van der Waals surface area contributed by atoms with Crippen molar-refractivity contribution >= 4 is 11.8 Å². The molecule has 0 saturated heterocycles. The molecule has 1 heterocycles. The second-order valence-electron chi connectivity index (χ2n) is 5.87. The Kier molecular flexibility index (Phi) is 5.68. The van der Waals surface area contributed by atoms with Crippen LogP contribution >= 0.6 is 0 Å². The highest BCUT2D eigenvalue weighted by Crippen LogP contribution is 2.12. The van der Waals surface area contributed by atoms with Gasteiger partial charge >= 0.3 is 5.69 Å². The molecule has 0 saturated carbocycles. The molecule has 0 aliphatic rings. The summed E-state index contributed by atoms with van der Waals surface area (Å²) < 4.78 is 14.0. The fraction of sp³-hybridized carbons (Fsp3) is 0.375. The van der Waals surface area contributed by atoms with Crippen LogP contribution in [0.25, 0.3) is 0 Å². The molecule has 25 heavy (non-hydrogen) atoms. The Morgan fingerprint density at radius 3 is 2.48 bits per heavy atom. The molecule has 2 rings (SSSR count). The van der Waals surface area contributed by atoms with Gasteiger partial charge in [0.15, 0.2) is 0 Å². The third-order valence-electron chi connectivity index (χ3n) is 3.68. The zero-order valence-electron chi connectivity index (χ0n) is 14.2. The first kappa shape index (κ1) is 18.4. The minimum Gasteiger partial charge on any atom is -0.349 e. The van der Waals surface area contributed by atoms with Crippen molar-refractivity contribution in [1.29, 1.82) is 0 Å². The largest absolute Gasteiger partial charge is 0.349 e. The molecular weight excluding hydrogens is 329 g/mol.